The summed E-state index contributed by atoms with van der Waals surface area (Å²) >= 11 is 1.48. The average Bonchev–Trinajstić information content (AvgIpc) is 1.69. The highest BCUT2D eigenvalue weighted by Gasteiger charge is 1.86. The van der Waals surface area contributed by atoms with Crippen molar-refractivity contribution in [2.75, 3.05) is 0 Å². The summed E-state index contributed by atoms with van der Waals surface area (Å²) in [6.07, 6.45) is 3.72. The fourth-order valence-electron chi connectivity index (χ4n) is 0.318. The van der Waals surface area contributed by atoms with Gasteiger partial charge in [-0.3, -0.25) is 0 Å². The zero-order valence-electron chi connectivity index (χ0n) is 4.53. The molecule has 1 aliphatic heterocycles. The van der Waals surface area contributed by atoms with Gasteiger partial charge in [0.25, 0.3) is 0 Å². The molecular weight excluding hydrogens is 179 g/mol. The first kappa shape index (κ1) is 11.8. The number of allylic oxidation sites excluding steroid dienone is 2. The normalized spacial score (nSPS) is 14.0. The van der Waals surface area contributed by atoms with Gasteiger partial charge in [-0.25, -0.2) is 0 Å². The standard InChI is InChI=1S/C4H6N2S.2ClH/c5-4-2-1-3-7-6-4;;/h1-3,6H,5H2;2*1H. The number of nitrogens with one attached hydrogen (secondary N) is 1. The second-order valence-corrected chi connectivity index (χ2v) is 1.88. The van der Waals surface area contributed by atoms with Crippen LogP contribution in [0.5, 0.6) is 0 Å². The van der Waals surface area contributed by atoms with Crippen LogP contribution in [-0.4, -0.2) is 0 Å². The quantitative estimate of drug-likeness (QED) is 0.563. The molecule has 0 saturated heterocycles. The SMILES string of the molecule is Cl.Cl.NC1=CC=CSN1. The molecule has 1 aliphatic rings. The molecule has 0 bridgehead atoms. The zero-order valence-corrected chi connectivity index (χ0v) is 6.98. The molecule has 0 unspecified atom stereocenters. The summed E-state index contributed by atoms with van der Waals surface area (Å²) in [5.74, 6) is 0.715. The molecule has 3 N–H and O–H groups in total. The van der Waals surface area contributed by atoms with Crippen LogP contribution in [0.3, 0.4) is 0 Å². The minimum Gasteiger partial charge on any atom is -0.385 e. The molecule has 9 heavy (non-hydrogen) atoms. The minimum atomic E-state index is 0. The van der Waals surface area contributed by atoms with Gasteiger partial charge < -0.3 is 10.5 Å². The lowest BCUT2D eigenvalue weighted by Crippen LogP contribution is -2.12. The van der Waals surface area contributed by atoms with E-state index < -0.39 is 0 Å². The fourth-order valence-corrected chi connectivity index (χ4v) is 0.748. The summed E-state index contributed by atoms with van der Waals surface area (Å²) in [5, 5.41) is 1.93. The number of nitrogens with two attached hydrogens (primary N) is 1. The van der Waals surface area contributed by atoms with E-state index in [-0.39, 0.29) is 24.8 Å². The van der Waals surface area contributed by atoms with Crippen LogP contribution in [0.25, 0.3) is 0 Å². The predicted octanol–water partition coefficient (Wildman–Crippen LogP) is 1.40. The predicted molar refractivity (Wildman–Crippen MR) is 46.6 cm³/mol. The van der Waals surface area contributed by atoms with Crippen LogP contribution in [0.2, 0.25) is 0 Å². The van der Waals surface area contributed by atoms with Crippen molar-refractivity contribution in [3.63, 3.8) is 0 Å². The Balaban J connectivity index is 0. The first-order valence-corrected chi connectivity index (χ1v) is 2.81. The van der Waals surface area contributed by atoms with Crippen molar-refractivity contribution in [2.45, 2.75) is 0 Å². The van der Waals surface area contributed by atoms with E-state index in [1.54, 1.807) is 0 Å². The van der Waals surface area contributed by atoms with Crippen LogP contribution in [-0.2, 0) is 0 Å². The molecule has 2 nitrogen and oxygen atoms in total. The van der Waals surface area contributed by atoms with Crippen LogP contribution in [0.15, 0.2) is 23.4 Å². The first-order chi connectivity index (χ1) is 3.39. The minimum absolute atomic E-state index is 0. The number of halogens is 2. The number of hydrogen-bond acceptors (Lipinski definition) is 3. The molecule has 0 aromatic rings. The van der Waals surface area contributed by atoms with E-state index in [2.05, 4.69) is 4.72 Å². The van der Waals surface area contributed by atoms with Gasteiger partial charge in [-0.15, -0.1) is 24.8 Å². The van der Waals surface area contributed by atoms with Gasteiger partial charge >= 0.3 is 0 Å². The van der Waals surface area contributed by atoms with Gasteiger partial charge in [0.15, 0.2) is 0 Å². The van der Waals surface area contributed by atoms with Gasteiger partial charge in [0.05, 0.1) is 0 Å². The molecule has 0 aromatic heterocycles. The topological polar surface area (TPSA) is 38.0 Å². The first-order valence-electron chi connectivity index (χ1n) is 1.93. The summed E-state index contributed by atoms with van der Waals surface area (Å²) in [7, 11) is 0. The second-order valence-electron chi connectivity index (χ2n) is 1.17. The van der Waals surface area contributed by atoms with Gasteiger partial charge in [0.2, 0.25) is 0 Å². The molecule has 0 radical (unpaired) electrons. The van der Waals surface area contributed by atoms with Crippen molar-refractivity contribution in [3.05, 3.63) is 23.4 Å². The Hall–Kier alpha value is 0.01000. The molecule has 0 saturated carbocycles. The van der Waals surface area contributed by atoms with Crippen LogP contribution < -0.4 is 10.5 Å². The molecular formula is C4H8Cl2N2S. The van der Waals surface area contributed by atoms with E-state index in [4.69, 9.17) is 5.73 Å². The Morgan fingerprint density at radius 1 is 1.44 bits per heavy atom. The maximum atomic E-state index is 5.31. The lowest BCUT2D eigenvalue weighted by Gasteiger charge is -2.02. The molecule has 0 amide bonds. The second kappa shape index (κ2) is 6.13. The van der Waals surface area contributed by atoms with E-state index in [0.29, 0.717) is 5.82 Å². The maximum Gasteiger partial charge on any atom is 0.106 e. The highest BCUT2D eigenvalue weighted by Crippen LogP contribution is 2.02. The summed E-state index contributed by atoms with van der Waals surface area (Å²) in [6, 6.07) is 0. The molecule has 5 heteroatoms. The van der Waals surface area contributed by atoms with Crippen LogP contribution >= 0.6 is 36.8 Å². The third-order valence-electron chi connectivity index (χ3n) is 0.599. The summed E-state index contributed by atoms with van der Waals surface area (Å²) < 4.78 is 2.85. The van der Waals surface area contributed by atoms with E-state index in [1.165, 1.54) is 11.9 Å². The molecule has 1 heterocycles. The van der Waals surface area contributed by atoms with Crippen LogP contribution in [0.1, 0.15) is 0 Å². The zero-order chi connectivity index (χ0) is 5.11. The van der Waals surface area contributed by atoms with E-state index in [9.17, 15) is 0 Å². The summed E-state index contributed by atoms with van der Waals surface area (Å²) in [5.41, 5.74) is 5.31. The molecule has 54 valence electrons. The smallest absolute Gasteiger partial charge is 0.106 e. The molecule has 0 aliphatic carbocycles. The average molecular weight is 187 g/mol. The van der Waals surface area contributed by atoms with Crippen molar-refractivity contribution in [1.82, 2.24) is 4.72 Å². The van der Waals surface area contributed by atoms with Crippen LogP contribution in [0, 0.1) is 0 Å². The fraction of sp³-hybridized carbons (Fsp3) is 0. The van der Waals surface area contributed by atoms with Crippen molar-refractivity contribution < 1.29 is 0 Å². The summed E-state index contributed by atoms with van der Waals surface area (Å²) in [4.78, 5) is 0. The Labute approximate surface area is 70.9 Å². The van der Waals surface area contributed by atoms with Gasteiger partial charge in [-0.05, 0) is 23.4 Å². The lowest BCUT2D eigenvalue weighted by atomic mass is 10.5. The maximum absolute atomic E-state index is 5.31. The van der Waals surface area contributed by atoms with Crippen molar-refractivity contribution >= 4 is 36.8 Å². The van der Waals surface area contributed by atoms with E-state index in [0.717, 1.165) is 0 Å². The molecule has 0 fully saturated rings. The molecule has 0 aromatic carbocycles. The Morgan fingerprint density at radius 2 is 2.11 bits per heavy atom. The largest absolute Gasteiger partial charge is 0.385 e. The van der Waals surface area contributed by atoms with Gasteiger partial charge in [-0.1, -0.05) is 6.08 Å². The Kier molecular flexibility index (Phi) is 8.02. The Morgan fingerprint density at radius 3 is 2.33 bits per heavy atom. The van der Waals surface area contributed by atoms with E-state index in [1.807, 2.05) is 17.6 Å². The number of hydrogen-bond donors (Lipinski definition) is 2. The van der Waals surface area contributed by atoms with Crippen molar-refractivity contribution in [1.29, 1.82) is 0 Å². The van der Waals surface area contributed by atoms with Gasteiger partial charge in [0.1, 0.15) is 5.82 Å². The monoisotopic (exact) mass is 186 g/mol. The third kappa shape index (κ3) is 4.51. The van der Waals surface area contributed by atoms with Crippen molar-refractivity contribution in [2.24, 2.45) is 5.73 Å². The lowest BCUT2D eigenvalue weighted by molar-refractivity contribution is 1.15. The van der Waals surface area contributed by atoms with Crippen molar-refractivity contribution in [3.8, 4) is 0 Å². The van der Waals surface area contributed by atoms with Gasteiger partial charge in [-0.2, -0.15) is 0 Å². The van der Waals surface area contributed by atoms with E-state index >= 15 is 0 Å². The molecule has 0 spiro atoms. The molecule has 0 atom stereocenters. The Bertz CT molecular complexity index is 124. The van der Waals surface area contributed by atoms with Crippen LogP contribution in [0.4, 0.5) is 0 Å². The third-order valence-corrected chi connectivity index (χ3v) is 1.25. The summed E-state index contributed by atoms with van der Waals surface area (Å²) in [6.45, 7) is 0. The van der Waals surface area contributed by atoms with Gasteiger partial charge in [0, 0.05) is 0 Å². The number of rotatable bonds is 0. The highest BCUT2D eigenvalue weighted by molar-refractivity contribution is 8.00. The molecule has 1 rings (SSSR count). The highest BCUT2D eigenvalue weighted by atomic mass is 35.5.